The van der Waals surface area contributed by atoms with Crippen molar-refractivity contribution < 1.29 is 5.11 Å². The molecule has 2 aromatic heterocycles. The van der Waals surface area contributed by atoms with Gasteiger partial charge in [0.25, 0.3) is 0 Å². The Hall–Kier alpha value is -2.47. The Kier molecular flexibility index (Phi) is 3.56. The van der Waals surface area contributed by atoms with Crippen molar-refractivity contribution in [1.29, 1.82) is 0 Å². The second-order valence-corrected chi connectivity index (χ2v) is 4.52. The van der Waals surface area contributed by atoms with Gasteiger partial charge in [-0.3, -0.25) is 0 Å². The standard InChI is InChI=1S/C14H15N5O/c20-8-5-13-10-19(17-16-13)9-12-1-3-14(4-2-12)18-7-6-15-11-18/h1-4,6-7,10-11,20H,5,8-9H2. The molecule has 0 radical (unpaired) electrons. The predicted molar refractivity (Wildman–Crippen MR) is 73.5 cm³/mol. The van der Waals surface area contributed by atoms with E-state index >= 15 is 0 Å². The van der Waals surface area contributed by atoms with Gasteiger partial charge in [0, 0.05) is 37.3 Å². The normalized spacial score (nSPS) is 10.8. The van der Waals surface area contributed by atoms with Crippen LogP contribution < -0.4 is 0 Å². The first kappa shape index (κ1) is 12.6. The van der Waals surface area contributed by atoms with E-state index in [1.807, 2.05) is 29.1 Å². The van der Waals surface area contributed by atoms with E-state index in [-0.39, 0.29) is 6.61 Å². The zero-order valence-corrected chi connectivity index (χ0v) is 10.9. The minimum Gasteiger partial charge on any atom is -0.396 e. The monoisotopic (exact) mass is 269 g/mol. The van der Waals surface area contributed by atoms with Crippen LogP contribution in [0.2, 0.25) is 0 Å². The number of rotatable bonds is 5. The van der Waals surface area contributed by atoms with Gasteiger partial charge in [-0.05, 0) is 17.7 Å². The van der Waals surface area contributed by atoms with Crippen molar-refractivity contribution in [3.8, 4) is 5.69 Å². The lowest BCUT2D eigenvalue weighted by Gasteiger charge is -2.04. The number of aromatic nitrogens is 5. The van der Waals surface area contributed by atoms with Gasteiger partial charge in [0.1, 0.15) is 0 Å². The fourth-order valence-electron chi connectivity index (χ4n) is 2.02. The highest BCUT2D eigenvalue weighted by molar-refractivity contribution is 5.34. The summed E-state index contributed by atoms with van der Waals surface area (Å²) in [6.45, 7) is 0.765. The highest BCUT2D eigenvalue weighted by atomic mass is 16.3. The molecule has 102 valence electrons. The van der Waals surface area contributed by atoms with Gasteiger partial charge >= 0.3 is 0 Å². The van der Waals surface area contributed by atoms with Crippen LogP contribution in [0.3, 0.4) is 0 Å². The average Bonchev–Trinajstić information content (AvgIpc) is 3.12. The summed E-state index contributed by atoms with van der Waals surface area (Å²) in [6.07, 6.45) is 7.84. The van der Waals surface area contributed by atoms with Crippen LogP contribution >= 0.6 is 0 Å². The highest BCUT2D eigenvalue weighted by Gasteiger charge is 2.02. The van der Waals surface area contributed by atoms with Crippen molar-refractivity contribution in [2.45, 2.75) is 13.0 Å². The third-order valence-corrected chi connectivity index (χ3v) is 3.04. The minimum atomic E-state index is 0.0955. The second kappa shape index (κ2) is 5.66. The van der Waals surface area contributed by atoms with E-state index in [0.717, 1.165) is 16.9 Å². The van der Waals surface area contributed by atoms with Crippen LogP contribution in [0, 0.1) is 0 Å². The molecule has 0 saturated heterocycles. The molecule has 3 rings (SSSR count). The van der Waals surface area contributed by atoms with E-state index in [0.29, 0.717) is 13.0 Å². The van der Waals surface area contributed by atoms with Crippen molar-refractivity contribution in [3.05, 3.63) is 60.4 Å². The van der Waals surface area contributed by atoms with Crippen LogP contribution in [0.25, 0.3) is 5.69 Å². The molecule has 0 aliphatic carbocycles. The third-order valence-electron chi connectivity index (χ3n) is 3.04. The Morgan fingerprint density at radius 3 is 2.70 bits per heavy atom. The van der Waals surface area contributed by atoms with Crippen LogP contribution in [0.4, 0.5) is 0 Å². The first-order chi connectivity index (χ1) is 9.85. The lowest BCUT2D eigenvalue weighted by atomic mass is 10.2. The summed E-state index contributed by atoms with van der Waals surface area (Å²) in [5.74, 6) is 0. The number of hydrogen-bond donors (Lipinski definition) is 1. The molecule has 0 bridgehead atoms. The molecular weight excluding hydrogens is 254 g/mol. The molecule has 0 fully saturated rings. The molecule has 0 amide bonds. The summed E-state index contributed by atoms with van der Waals surface area (Å²) < 4.78 is 3.73. The van der Waals surface area contributed by atoms with E-state index in [2.05, 4.69) is 27.4 Å². The molecule has 2 heterocycles. The van der Waals surface area contributed by atoms with Crippen molar-refractivity contribution >= 4 is 0 Å². The van der Waals surface area contributed by atoms with Gasteiger partial charge in [-0.2, -0.15) is 0 Å². The molecule has 6 heteroatoms. The number of aliphatic hydroxyl groups is 1. The molecule has 1 N–H and O–H groups in total. The molecule has 0 spiro atoms. The van der Waals surface area contributed by atoms with E-state index in [1.54, 1.807) is 17.2 Å². The Bertz CT molecular complexity index is 657. The number of hydrogen-bond acceptors (Lipinski definition) is 4. The summed E-state index contributed by atoms with van der Waals surface area (Å²) in [6, 6.07) is 8.20. The van der Waals surface area contributed by atoms with Crippen molar-refractivity contribution in [1.82, 2.24) is 24.5 Å². The second-order valence-electron chi connectivity index (χ2n) is 4.52. The average molecular weight is 269 g/mol. The summed E-state index contributed by atoms with van der Waals surface area (Å²) in [7, 11) is 0. The molecular formula is C14H15N5O. The van der Waals surface area contributed by atoms with Crippen LogP contribution in [-0.4, -0.2) is 36.3 Å². The quantitative estimate of drug-likeness (QED) is 0.751. The van der Waals surface area contributed by atoms with Gasteiger partial charge in [0.15, 0.2) is 0 Å². The van der Waals surface area contributed by atoms with Gasteiger partial charge in [-0.15, -0.1) is 5.10 Å². The molecule has 6 nitrogen and oxygen atoms in total. The lowest BCUT2D eigenvalue weighted by Crippen LogP contribution is -2.00. The van der Waals surface area contributed by atoms with Gasteiger partial charge in [-0.1, -0.05) is 17.3 Å². The maximum Gasteiger partial charge on any atom is 0.0991 e. The summed E-state index contributed by atoms with van der Waals surface area (Å²) >= 11 is 0. The summed E-state index contributed by atoms with van der Waals surface area (Å²) in [4.78, 5) is 4.03. The SMILES string of the molecule is OCCc1cn(Cc2ccc(-n3ccnc3)cc2)nn1. The maximum absolute atomic E-state index is 8.86. The number of benzene rings is 1. The molecule has 0 unspecified atom stereocenters. The van der Waals surface area contributed by atoms with Crippen LogP contribution in [-0.2, 0) is 13.0 Å². The van der Waals surface area contributed by atoms with Crippen LogP contribution in [0.5, 0.6) is 0 Å². The Morgan fingerprint density at radius 1 is 1.15 bits per heavy atom. The smallest absolute Gasteiger partial charge is 0.0991 e. The van der Waals surface area contributed by atoms with Gasteiger partial charge < -0.3 is 9.67 Å². The fourth-order valence-corrected chi connectivity index (χ4v) is 2.02. The summed E-state index contributed by atoms with van der Waals surface area (Å²) in [5, 5.41) is 16.9. The molecule has 0 aliphatic rings. The topological polar surface area (TPSA) is 68.8 Å². The van der Waals surface area contributed by atoms with E-state index in [9.17, 15) is 0 Å². The number of nitrogens with zero attached hydrogens (tertiary/aromatic N) is 5. The first-order valence-electron chi connectivity index (χ1n) is 6.42. The molecule has 3 aromatic rings. The maximum atomic E-state index is 8.86. The minimum absolute atomic E-state index is 0.0955. The molecule has 1 aromatic carbocycles. The summed E-state index contributed by atoms with van der Waals surface area (Å²) in [5.41, 5.74) is 3.03. The zero-order chi connectivity index (χ0) is 13.8. The molecule has 0 aliphatic heterocycles. The Morgan fingerprint density at radius 2 is 2.00 bits per heavy atom. The number of imidazole rings is 1. The number of aliphatic hydroxyl groups excluding tert-OH is 1. The molecule has 0 atom stereocenters. The van der Waals surface area contributed by atoms with Gasteiger partial charge in [-0.25, -0.2) is 9.67 Å². The zero-order valence-electron chi connectivity index (χ0n) is 10.9. The molecule has 0 saturated carbocycles. The van der Waals surface area contributed by atoms with Crippen molar-refractivity contribution in [2.24, 2.45) is 0 Å². The van der Waals surface area contributed by atoms with Crippen molar-refractivity contribution in [3.63, 3.8) is 0 Å². The van der Waals surface area contributed by atoms with E-state index in [1.165, 1.54) is 0 Å². The largest absolute Gasteiger partial charge is 0.396 e. The van der Waals surface area contributed by atoms with Gasteiger partial charge in [0.05, 0.1) is 18.6 Å². The molecule has 20 heavy (non-hydrogen) atoms. The van der Waals surface area contributed by atoms with E-state index in [4.69, 9.17) is 5.11 Å². The first-order valence-corrected chi connectivity index (χ1v) is 6.42. The van der Waals surface area contributed by atoms with E-state index < -0.39 is 0 Å². The third kappa shape index (κ3) is 2.75. The highest BCUT2D eigenvalue weighted by Crippen LogP contribution is 2.10. The predicted octanol–water partition coefficient (Wildman–Crippen LogP) is 1.05. The lowest BCUT2D eigenvalue weighted by molar-refractivity contribution is 0.298. The fraction of sp³-hybridized carbons (Fsp3) is 0.214. The van der Waals surface area contributed by atoms with Crippen molar-refractivity contribution in [2.75, 3.05) is 6.61 Å². The van der Waals surface area contributed by atoms with Gasteiger partial charge in [0.2, 0.25) is 0 Å². The Balaban J connectivity index is 1.71. The van der Waals surface area contributed by atoms with Crippen LogP contribution in [0.15, 0.2) is 49.2 Å². The van der Waals surface area contributed by atoms with Crippen LogP contribution in [0.1, 0.15) is 11.3 Å². The Labute approximate surface area is 116 Å².